The highest BCUT2D eigenvalue weighted by Gasteiger charge is 2.33. The number of aromatic carboxylic acids is 1. The zero-order valence-electron chi connectivity index (χ0n) is 16.8. The van der Waals surface area contributed by atoms with Crippen LogP contribution in [0.5, 0.6) is 0 Å². The molecule has 3 aromatic carbocycles. The maximum atomic E-state index is 13.2. The Hall–Kier alpha value is -4.15. The second-order valence-electron chi connectivity index (χ2n) is 6.97. The quantitative estimate of drug-likeness (QED) is 0.561. The lowest BCUT2D eigenvalue weighted by Gasteiger charge is -2.16. The van der Waals surface area contributed by atoms with Gasteiger partial charge in [-0.05, 0) is 65.4 Å². The van der Waals surface area contributed by atoms with Crippen molar-refractivity contribution in [3.63, 3.8) is 0 Å². The number of thioether (sulfide) groups is 1. The Kier molecular flexibility index (Phi) is 6.15. The highest BCUT2D eigenvalue weighted by Crippen LogP contribution is 2.35. The third-order valence-corrected chi connectivity index (χ3v) is 5.75. The Balaban J connectivity index is 1.66. The summed E-state index contributed by atoms with van der Waals surface area (Å²) in [6.45, 7) is 0.266. The number of carbonyl (C=O) groups is 2. The average molecular weight is 439 g/mol. The monoisotopic (exact) mass is 439 g/mol. The van der Waals surface area contributed by atoms with Gasteiger partial charge in [0.25, 0.3) is 5.91 Å². The number of nitriles is 1. The third kappa shape index (κ3) is 4.77. The van der Waals surface area contributed by atoms with Crippen LogP contribution < -0.4 is 0 Å². The van der Waals surface area contributed by atoms with E-state index in [9.17, 15) is 9.59 Å². The Bertz CT molecular complexity index is 1260. The topological polar surface area (TPSA) is 93.8 Å². The molecule has 0 radical (unpaired) electrons. The van der Waals surface area contributed by atoms with E-state index >= 15 is 0 Å². The Morgan fingerprint density at radius 1 is 1.03 bits per heavy atom. The van der Waals surface area contributed by atoms with Gasteiger partial charge in [-0.15, -0.1) is 0 Å². The molecule has 0 aliphatic carbocycles. The van der Waals surface area contributed by atoms with Gasteiger partial charge in [0.1, 0.15) is 0 Å². The molecule has 6 nitrogen and oxygen atoms in total. The molecule has 1 amide bonds. The summed E-state index contributed by atoms with van der Waals surface area (Å²) >= 11 is 1.28. The van der Waals surface area contributed by atoms with Gasteiger partial charge in [0.15, 0.2) is 5.17 Å². The summed E-state index contributed by atoms with van der Waals surface area (Å²) in [4.78, 5) is 31.1. The summed E-state index contributed by atoms with van der Waals surface area (Å²) in [5.74, 6) is -1.18. The van der Waals surface area contributed by atoms with Crippen molar-refractivity contribution < 1.29 is 14.7 Å². The van der Waals surface area contributed by atoms with Gasteiger partial charge in [-0.3, -0.25) is 9.69 Å². The molecule has 156 valence electrons. The molecule has 1 saturated heterocycles. The van der Waals surface area contributed by atoms with E-state index in [2.05, 4.69) is 11.1 Å². The minimum Gasteiger partial charge on any atom is -0.478 e. The number of benzene rings is 3. The number of amides is 1. The van der Waals surface area contributed by atoms with Crippen molar-refractivity contribution in [1.82, 2.24) is 4.90 Å². The van der Waals surface area contributed by atoms with Gasteiger partial charge >= 0.3 is 5.97 Å². The van der Waals surface area contributed by atoms with E-state index in [-0.39, 0.29) is 18.0 Å². The van der Waals surface area contributed by atoms with Crippen LogP contribution in [0, 0.1) is 11.3 Å². The summed E-state index contributed by atoms with van der Waals surface area (Å²) in [6.07, 6.45) is 1.78. The summed E-state index contributed by atoms with van der Waals surface area (Å²) in [6, 6.07) is 24.9. The fourth-order valence-electron chi connectivity index (χ4n) is 3.08. The molecule has 0 bridgehead atoms. The SMILES string of the molecule is N#Cc1ccc(/C=C2\SC(=Nc3ccccc3)N(Cc3ccc(C(=O)O)cc3)C2=O)cc1. The van der Waals surface area contributed by atoms with Crippen molar-refractivity contribution in [3.05, 3.63) is 106 Å². The van der Waals surface area contributed by atoms with Crippen LogP contribution in [0.15, 0.2) is 88.8 Å². The molecule has 0 saturated carbocycles. The van der Waals surface area contributed by atoms with Crippen LogP contribution in [-0.2, 0) is 11.3 Å². The van der Waals surface area contributed by atoms with Crippen LogP contribution in [0.2, 0.25) is 0 Å². The molecular formula is C25H17N3O3S. The van der Waals surface area contributed by atoms with Gasteiger partial charge < -0.3 is 5.11 Å². The lowest BCUT2D eigenvalue weighted by atomic mass is 10.1. The highest BCUT2D eigenvalue weighted by atomic mass is 32.2. The average Bonchev–Trinajstić information content (AvgIpc) is 3.09. The largest absolute Gasteiger partial charge is 0.478 e. The molecule has 7 heteroatoms. The van der Waals surface area contributed by atoms with E-state index in [1.54, 1.807) is 47.4 Å². The number of nitrogens with zero attached hydrogens (tertiary/aromatic N) is 3. The maximum absolute atomic E-state index is 13.2. The van der Waals surface area contributed by atoms with Gasteiger partial charge in [0.2, 0.25) is 0 Å². The summed E-state index contributed by atoms with van der Waals surface area (Å²) in [7, 11) is 0. The maximum Gasteiger partial charge on any atom is 0.335 e. The van der Waals surface area contributed by atoms with Crippen molar-refractivity contribution >= 4 is 40.6 Å². The van der Waals surface area contributed by atoms with Gasteiger partial charge in [0, 0.05) is 0 Å². The van der Waals surface area contributed by atoms with Gasteiger partial charge in [-0.25, -0.2) is 9.79 Å². The molecular weight excluding hydrogens is 422 g/mol. The number of carbonyl (C=O) groups excluding carboxylic acids is 1. The lowest BCUT2D eigenvalue weighted by Crippen LogP contribution is -2.28. The van der Waals surface area contributed by atoms with Crippen molar-refractivity contribution in [3.8, 4) is 6.07 Å². The second-order valence-corrected chi connectivity index (χ2v) is 7.98. The Morgan fingerprint density at radius 2 is 1.72 bits per heavy atom. The number of hydrogen-bond donors (Lipinski definition) is 1. The van der Waals surface area contributed by atoms with Crippen LogP contribution in [0.1, 0.15) is 27.0 Å². The molecule has 1 aliphatic rings. The smallest absolute Gasteiger partial charge is 0.335 e. The summed E-state index contributed by atoms with van der Waals surface area (Å²) < 4.78 is 0. The molecule has 4 rings (SSSR count). The van der Waals surface area contributed by atoms with Crippen LogP contribution >= 0.6 is 11.8 Å². The second kappa shape index (κ2) is 9.33. The number of rotatable bonds is 5. The number of amidine groups is 1. The van der Waals surface area contributed by atoms with Gasteiger partial charge in [-0.2, -0.15) is 5.26 Å². The molecule has 0 spiro atoms. The minimum atomic E-state index is -0.997. The van der Waals surface area contributed by atoms with Crippen LogP contribution in [0.4, 0.5) is 5.69 Å². The number of carboxylic acids is 1. The molecule has 1 N–H and O–H groups in total. The highest BCUT2D eigenvalue weighted by molar-refractivity contribution is 8.18. The molecule has 0 unspecified atom stereocenters. The standard InChI is InChI=1S/C25H17N3O3S/c26-15-18-8-6-17(7-9-18)14-22-23(29)28(16-19-10-12-20(13-11-19)24(30)31)25(32-22)27-21-4-2-1-3-5-21/h1-14H,16H2,(H,30,31)/b22-14-,27-25?. The Labute approximate surface area is 189 Å². The first-order valence-corrected chi connectivity index (χ1v) is 10.5. The number of hydrogen-bond acceptors (Lipinski definition) is 5. The van der Waals surface area contributed by atoms with Crippen LogP contribution in [-0.4, -0.2) is 27.1 Å². The summed E-state index contributed by atoms with van der Waals surface area (Å²) in [5.41, 5.74) is 3.08. The fourth-order valence-corrected chi connectivity index (χ4v) is 4.08. The van der Waals surface area contributed by atoms with Gasteiger partial charge in [0.05, 0.1) is 34.3 Å². The van der Waals surface area contributed by atoms with Crippen molar-refractivity contribution in [2.24, 2.45) is 4.99 Å². The lowest BCUT2D eigenvalue weighted by molar-refractivity contribution is -0.122. The number of para-hydroxylation sites is 1. The number of carboxylic acid groups (broad SMARTS) is 1. The first-order valence-electron chi connectivity index (χ1n) is 9.71. The fraction of sp³-hybridized carbons (Fsp3) is 0.0400. The predicted octanol–water partition coefficient (Wildman–Crippen LogP) is 5.06. The van der Waals surface area contributed by atoms with Crippen LogP contribution in [0.3, 0.4) is 0 Å². The molecule has 1 aliphatic heterocycles. The Morgan fingerprint density at radius 3 is 2.34 bits per heavy atom. The summed E-state index contributed by atoms with van der Waals surface area (Å²) in [5, 5.41) is 18.6. The molecule has 1 heterocycles. The third-order valence-electron chi connectivity index (χ3n) is 4.75. The molecule has 0 atom stereocenters. The van der Waals surface area contributed by atoms with E-state index < -0.39 is 5.97 Å². The normalized spacial score (nSPS) is 15.8. The molecule has 32 heavy (non-hydrogen) atoms. The van der Waals surface area contributed by atoms with E-state index in [0.717, 1.165) is 16.8 Å². The first-order chi connectivity index (χ1) is 15.5. The van der Waals surface area contributed by atoms with Crippen molar-refractivity contribution in [1.29, 1.82) is 5.26 Å². The van der Waals surface area contributed by atoms with E-state index in [0.29, 0.717) is 15.6 Å². The van der Waals surface area contributed by atoms with E-state index in [1.807, 2.05) is 30.3 Å². The molecule has 0 aromatic heterocycles. The predicted molar refractivity (Wildman–Crippen MR) is 124 cm³/mol. The van der Waals surface area contributed by atoms with E-state index in [4.69, 9.17) is 10.4 Å². The zero-order chi connectivity index (χ0) is 22.5. The first kappa shape index (κ1) is 21.1. The van der Waals surface area contributed by atoms with Crippen molar-refractivity contribution in [2.75, 3.05) is 0 Å². The zero-order valence-corrected chi connectivity index (χ0v) is 17.6. The minimum absolute atomic E-state index is 0.184. The molecule has 3 aromatic rings. The number of aliphatic imine (C=N–C) groups is 1. The van der Waals surface area contributed by atoms with Crippen LogP contribution in [0.25, 0.3) is 6.08 Å². The van der Waals surface area contributed by atoms with Gasteiger partial charge in [-0.1, -0.05) is 42.5 Å². The van der Waals surface area contributed by atoms with E-state index in [1.165, 1.54) is 23.9 Å². The van der Waals surface area contributed by atoms with Crippen molar-refractivity contribution in [2.45, 2.75) is 6.54 Å². The molecule has 1 fully saturated rings.